The summed E-state index contributed by atoms with van der Waals surface area (Å²) in [5.41, 5.74) is 0. The van der Waals surface area contributed by atoms with Crippen LogP contribution in [0.5, 0.6) is 0 Å². The predicted molar refractivity (Wildman–Crippen MR) is 64.6 cm³/mol. The zero-order valence-corrected chi connectivity index (χ0v) is 10.9. The maximum atomic E-state index is 10.9. The molecule has 0 rings (SSSR count). The Morgan fingerprint density at radius 2 is 1.53 bits per heavy atom. The minimum atomic E-state index is -0.730. The number of hydrogen-bond acceptors (Lipinski definition) is 5. The van der Waals surface area contributed by atoms with Crippen molar-refractivity contribution in [3.05, 3.63) is 0 Å². The van der Waals surface area contributed by atoms with Gasteiger partial charge in [-0.05, 0) is 6.42 Å². The van der Waals surface area contributed by atoms with Crippen LogP contribution >= 0.6 is 0 Å². The van der Waals surface area contributed by atoms with Crippen molar-refractivity contribution in [2.45, 2.75) is 45.1 Å². The number of carbonyl (C=O) groups is 2. The van der Waals surface area contributed by atoms with E-state index in [2.05, 4.69) is 6.92 Å². The van der Waals surface area contributed by atoms with Crippen LogP contribution in [0.2, 0.25) is 0 Å². The Bertz CT molecular complexity index is 195. The molecule has 5 nitrogen and oxygen atoms in total. The van der Waals surface area contributed by atoms with Gasteiger partial charge in [0.25, 0.3) is 0 Å². The second-order valence-corrected chi connectivity index (χ2v) is 3.82. The Hall–Kier alpha value is -0.780. The van der Waals surface area contributed by atoms with E-state index < -0.39 is 12.5 Å². The number of unbranched alkanes of at least 4 members (excludes halogenated alkanes) is 3. The molecule has 0 heterocycles. The lowest BCUT2D eigenvalue weighted by Crippen LogP contribution is -2.47. The fourth-order valence-electron chi connectivity index (χ4n) is 1.66. The molecule has 2 unspecified atom stereocenters. The zero-order chi connectivity index (χ0) is 13.1. The molecule has 0 bridgehead atoms. The molecule has 17 heavy (non-hydrogen) atoms. The number of nitrogens with zero attached hydrogens (tertiary/aromatic N) is 1. The fraction of sp³-hybridized carbons (Fsp3) is 0.833. The van der Waals surface area contributed by atoms with Crippen molar-refractivity contribution in [1.29, 1.82) is 0 Å². The van der Waals surface area contributed by atoms with E-state index >= 15 is 0 Å². The molecule has 0 aromatic heterocycles. The van der Waals surface area contributed by atoms with E-state index in [-0.39, 0.29) is 0 Å². The van der Waals surface area contributed by atoms with Crippen molar-refractivity contribution in [1.82, 2.24) is 4.90 Å². The van der Waals surface area contributed by atoms with Gasteiger partial charge in [0.05, 0.1) is 0 Å². The summed E-state index contributed by atoms with van der Waals surface area (Å²) in [4.78, 5) is 23.3. The van der Waals surface area contributed by atoms with Crippen molar-refractivity contribution < 1.29 is 19.1 Å². The number of rotatable bonds is 11. The highest BCUT2D eigenvalue weighted by atomic mass is 16.5. The van der Waals surface area contributed by atoms with Crippen molar-refractivity contribution >= 4 is 12.6 Å². The van der Waals surface area contributed by atoms with Gasteiger partial charge in [0.2, 0.25) is 0 Å². The van der Waals surface area contributed by atoms with Crippen molar-refractivity contribution in [2.75, 3.05) is 20.8 Å². The van der Waals surface area contributed by atoms with Crippen LogP contribution in [0.25, 0.3) is 0 Å². The topological polar surface area (TPSA) is 55.8 Å². The van der Waals surface area contributed by atoms with Gasteiger partial charge in [0.15, 0.2) is 25.0 Å². The number of methoxy groups -OCH3 is 2. The molecule has 0 saturated heterocycles. The highest BCUT2D eigenvalue weighted by Crippen LogP contribution is 2.09. The first-order valence-electron chi connectivity index (χ1n) is 5.97. The Morgan fingerprint density at radius 3 is 1.88 bits per heavy atom. The highest BCUT2D eigenvalue weighted by molar-refractivity contribution is 5.59. The Kier molecular flexibility index (Phi) is 9.90. The average molecular weight is 245 g/mol. The first-order valence-corrected chi connectivity index (χ1v) is 5.97. The van der Waals surface area contributed by atoms with Crippen LogP contribution in [0.1, 0.15) is 32.6 Å². The van der Waals surface area contributed by atoms with E-state index in [1.807, 2.05) is 0 Å². The number of hydrogen-bond donors (Lipinski definition) is 0. The van der Waals surface area contributed by atoms with Gasteiger partial charge in [-0.3, -0.25) is 9.59 Å². The lowest BCUT2D eigenvalue weighted by Gasteiger charge is -2.30. The number of ether oxygens (including phenoxy) is 2. The summed E-state index contributed by atoms with van der Waals surface area (Å²) in [6.45, 7) is 2.74. The number of aldehydes is 2. The minimum absolute atomic E-state index is 0.606. The second kappa shape index (κ2) is 10.4. The van der Waals surface area contributed by atoms with Crippen LogP contribution < -0.4 is 0 Å². The first kappa shape index (κ1) is 16.2. The molecular formula is C12H23NO4. The summed E-state index contributed by atoms with van der Waals surface area (Å²) < 4.78 is 10.0. The fourth-order valence-corrected chi connectivity index (χ4v) is 1.66. The molecule has 0 amide bonds. The van der Waals surface area contributed by atoms with Gasteiger partial charge in [0.1, 0.15) is 0 Å². The highest BCUT2D eigenvalue weighted by Gasteiger charge is 2.25. The Morgan fingerprint density at radius 1 is 1.00 bits per heavy atom. The maximum Gasteiger partial charge on any atom is 0.168 e. The lowest BCUT2D eigenvalue weighted by atomic mass is 10.2. The van der Waals surface area contributed by atoms with Crippen LogP contribution in [-0.2, 0) is 19.1 Å². The van der Waals surface area contributed by atoms with Crippen LogP contribution in [-0.4, -0.2) is 50.7 Å². The molecule has 0 aliphatic heterocycles. The van der Waals surface area contributed by atoms with Gasteiger partial charge >= 0.3 is 0 Å². The van der Waals surface area contributed by atoms with Gasteiger partial charge in [-0.2, -0.15) is 0 Å². The third-order valence-electron chi connectivity index (χ3n) is 2.64. The predicted octanol–water partition coefficient (Wildman–Crippen LogP) is 1.21. The molecule has 0 aliphatic carbocycles. The van der Waals surface area contributed by atoms with Crippen LogP contribution in [0.3, 0.4) is 0 Å². The maximum absolute atomic E-state index is 10.9. The summed E-state index contributed by atoms with van der Waals surface area (Å²) in [6.07, 6.45) is 4.16. The van der Waals surface area contributed by atoms with Crippen molar-refractivity contribution in [3.63, 3.8) is 0 Å². The largest absolute Gasteiger partial charge is 0.359 e. The summed E-state index contributed by atoms with van der Waals surface area (Å²) >= 11 is 0. The molecule has 0 fully saturated rings. The smallest absolute Gasteiger partial charge is 0.168 e. The summed E-state index contributed by atoms with van der Waals surface area (Å²) in [5.74, 6) is 0. The van der Waals surface area contributed by atoms with Gasteiger partial charge in [-0.1, -0.05) is 26.2 Å². The normalized spacial score (nSPS) is 14.6. The van der Waals surface area contributed by atoms with Crippen molar-refractivity contribution in [3.8, 4) is 0 Å². The van der Waals surface area contributed by atoms with Gasteiger partial charge in [-0.25, -0.2) is 4.90 Å². The van der Waals surface area contributed by atoms with Crippen LogP contribution in [0, 0.1) is 0 Å². The van der Waals surface area contributed by atoms with Crippen molar-refractivity contribution in [2.24, 2.45) is 0 Å². The van der Waals surface area contributed by atoms with E-state index in [9.17, 15) is 9.59 Å². The van der Waals surface area contributed by atoms with E-state index in [1.165, 1.54) is 14.2 Å². The molecule has 0 aromatic rings. The molecule has 0 N–H and O–H groups in total. The monoisotopic (exact) mass is 245 g/mol. The molecule has 2 atom stereocenters. The van der Waals surface area contributed by atoms with E-state index in [0.717, 1.165) is 25.7 Å². The molecule has 0 radical (unpaired) electrons. The lowest BCUT2D eigenvalue weighted by molar-refractivity contribution is -0.155. The Labute approximate surface area is 103 Å². The minimum Gasteiger partial charge on any atom is -0.359 e. The van der Waals surface area contributed by atoms with Gasteiger partial charge in [0, 0.05) is 20.8 Å². The molecular weight excluding hydrogens is 222 g/mol. The quantitative estimate of drug-likeness (QED) is 0.311. The zero-order valence-electron chi connectivity index (χ0n) is 10.9. The third-order valence-corrected chi connectivity index (χ3v) is 2.64. The number of carbonyl (C=O) groups excluding carboxylic acids is 2. The molecule has 0 aromatic carbocycles. The standard InChI is InChI=1S/C12H23NO4/c1-4-5-6-7-8-13(11(9-14)16-2)12(10-15)17-3/h9-12H,4-8H2,1-3H3. The van der Waals surface area contributed by atoms with Crippen LogP contribution in [0.4, 0.5) is 0 Å². The average Bonchev–Trinajstić information content (AvgIpc) is 2.36. The van der Waals surface area contributed by atoms with Crippen LogP contribution in [0.15, 0.2) is 0 Å². The molecule has 5 heteroatoms. The Balaban J connectivity index is 4.37. The molecule has 0 spiro atoms. The molecule has 0 saturated carbocycles. The van der Waals surface area contributed by atoms with E-state index in [4.69, 9.17) is 9.47 Å². The first-order chi connectivity index (χ1) is 8.24. The molecule has 0 aliphatic rings. The summed E-state index contributed by atoms with van der Waals surface area (Å²) in [5, 5.41) is 0. The third kappa shape index (κ3) is 5.91. The van der Waals surface area contributed by atoms with Gasteiger partial charge < -0.3 is 9.47 Å². The molecule has 100 valence electrons. The summed E-state index contributed by atoms with van der Waals surface area (Å²) in [7, 11) is 2.88. The second-order valence-electron chi connectivity index (χ2n) is 3.82. The van der Waals surface area contributed by atoms with E-state index in [0.29, 0.717) is 19.1 Å². The van der Waals surface area contributed by atoms with Gasteiger partial charge in [-0.15, -0.1) is 0 Å². The van der Waals surface area contributed by atoms with E-state index in [1.54, 1.807) is 4.90 Å². The summed E-state index contributed by atoms with van der Waals surface area (Å²) in [6, 6.07) is 0. The SMILES string of the molecule is CCCCCCN(C(C=O)OC)C(C=O)OC.